The first-order valence-electron chi connectivity index (χ1n) is 18.7. The highest BCUT2D eigenvalue weighted by Gasteiger charge is 2.27. The summed E-state index contributed by atoms with van der Waals surface area (Å²) in [5, 5.41) is 13.7. The summed E-state index contributed by atoms with van der Waals surface area (Å²) in [6.45, 7) is 4.72. The first-order chi connectivity index (χ1) is 22.0. The Balaban J connectivity index is 4.57. The molecule has 0 spiro atoms. The molecule has 0 rings (SSSR count). The van der Waals surface area contributed by atoms with Crippen molar-refractivity contribution in [2.24, 2.45) is 0 Å². The summed E-state index contributed by atoms with van der Waals surface area (Å²) < 4.78 is 23.4. The molecule has 3 atom stereocenters. The van der Waals surface area contributed by atoms with Gasteiger partial charge in [-0.2, -0.15) is 0 Å². The zero-order chi connectivity index (χ0) is 34.4. The van der Waals surface area contributed by atoms with E-state index < -0.39 is 20.0 Å². The Kier molecular flexibility index (Phi) is 29.4. The van der Waals surface area contributed by atoms with Gasteiger partial charge in [0.05, 0.1) is 39.9 Å². The summed E-state index contributed by atoms with van der Waals surface area (Å²) in [5.41, 5.74) is 0. The van der Waals surface area contributed by atoms with Crippen LogP contribution in [0.1, 0.15) is 155 Å². The van der Waals surface area contributed by atoms with Gasteiger partial charge < -0.3 is 19.8 Å². The number of aliphatic hydroxyl groups excluding tert-OH is 1. The summed E-state index contributed by atoms with van der Waals surface area (Å²) in [6, 6.07) is -0.842. The van der Waals surface area contributed by atoms with E-state index in [0.717, 1.165) is 38.5 Å². The summed E-state index contributed by atoms with van der Waals surface area (Å²) in [4.78, 5) is 22.9. The lowest BCUT2D eigenvalue weighted by molar-refractivity contribution is -0.870. The van der Waals surface area contributed by atoms with Crippen molar-refractivity contribution >= 4 is 13.7 Å². The maximum absolute atomic E-state index is 12.7. The van der Waals surface area contributed by atoms with E-state index in [0.29, 0.717) is 17.4 Å². The Morgan fingerprint density at radius 3 is 1.76 bits per heavy atom. The topological polar surface area (TPSA) is 105 Å². The number of phosphoric ester groups is 1. The van der Waals surface area contributed by atoms with Crippen molar-refractivity contribution in [1.82, 2.24) is 5.32 Å². The molecule has 0 aliphatic rings. The number of phosphoric acid groups is 1. The van der Waals surface area contributed by atoms with Crippen LogP contribution >= 0.6 is 7.82 Å². The van der Waals surface area contributed by atoms with Crippen LogP contribution in [-0.4, -0.2) is 73.4 Å². The smallest absolute Gasteiger partial charge is 0.387 e. The number of nitrogens with zero attached hydrogens (tertiary/aromatic N) is 1. The van der Waals surface area contributed by atoms with Crippen molar-refractivity contribution in [1.29, 1.82) is 0 Å². The summed E-state index contributed by atoms with van der Waals surface area (Å²) in [7, 11) is 1.56. The maximum Gasteiger partial charge on any atom is 0.472 e. The molecule has 0 aliphatic heterocycles. The lowest BCUT2D eigenvalue weighted by atomic mass is 10.0. The number of hydrogen-bond donors (Lipinski definition) is 3. The number of aliphatic hydroxyl groups is 1. The van der Waals surface area contributed by atoms with Gasteiger partial charge in [-0.1, -0.05) is 134 Å². The van der Waals surface area contributed by atoms with Gasteiger partial charge in [-0.3, -0.25) is 13.8 Å². The minimum absolute atomic E-state index is 0.0611. The van der Waals surface area contributed by atoms with Crippen LogP contribution in [-0.2, 0) is 18.4 Å². The van der Waals surface area contributed by atoms with E-state index in [-0.39, 0.29) is 19.1 Å². The van der Waals surface area contributed by atoms with Gasteiger partial charge >= 0.3 is 7.82 Å². The van der Waals surface area contributed by atoms with Crippen LogP contribution < -0.4 is 5.32 Å². The van der Waals surface area contributed by atoms with Crippen LogP contribution in [0.2, 0.25) is 0 Å². The molecule has 8 nitrogen and oxygen atoms in total. The number of quaternary nitrogens is 1. The first kappa shape index (κ1) is 45.0. The second-order valence-corrected chi connectivity index (χ2v) is 15.4. The predicted molar refractivity (Wildman–Crippen MR) is 194 cm³/mol. The van der Waals surface area contributed by atoms with Gasteiger partial charge in [0, 0.05) is 6.42 Å². The molecule has 272 valence electrons. The standard InChI is InChI=1S/C37H73N2O6P/c1-6-8-10-12-14-16-18-19-21-22-24-26-28-30-36(40)35(34-45-46(42,43)44-33-32-39(3,4)5)38-37(41)31-29-27-25-23-20-17-15-13-11-9-7-2/h10,12,28,30,35-36,40H,6-9,11,13-27,29,31-34H2,1-5H3,(H-,38,41,42,43)/p+1/b12-10+,30-28+/t35-,36+/m0/s1. The molecule has 9 heteroatoms. The minimum Gasteiger partial charge on any atom is -0.387 e. The normalized spacial score (nSPS) is 15.0. The number of likely N-dealkylation sites (N-methyl/N-ethyl adjacent to an activating group) is 1. The molecule has 0 heterocycles. The highest BCUT2D eigenvalue weighted by atomic mass is 31.2. The SMILES string of the molecule is CCC/C=C/CCCCCCCC/C=C/[C@@H](O)[C@H](COP(=O)(O)OCC[N+](C)(C)C)NC(=O)CCCCCCCCCCCCC. The zero-order valence-electron chi connectivity index (χ0n) is 30.6. The number of unbranched alkanes of at least 4 members (excludes halogenated alkanes) is 18. The van der Waals surface area contributed by atoms with Crippen molar-refractivity contribution < 1.29 is 32.9 Å². The van der Waals surface area contributed by atoms with E-state index in [1.807, 2.05) is 27.2 Å². The highest BCUT2D eigenvalue weighted by Crippen LogP contribution is 2.43. The molecule has 0 bridgehead atoms. The molecule has 0 fully saturated rings. The van der Waals surface area contributed by atoms with E-state index in [2.05, 4.69) is 31.3 Å². The van der Waals surface area contributed by atoms with Gasteiger partial charge in [0.1, 0.15) is 13.2 Å². The molecule has 0 aliphatic carbocycles. The lowest BCUT2D eigenvalue weighted by Gasteiger charge is -2.25. The molecular weight excluding hydrogens is 599 g/mol. The van der Waals surface area contributed by atoms with Crippen molar-refractivity contribution in [3.63, 3.8) is 0 Å². The maximum atomic E-state index is 12.7. The number of nitrogens with one attached hydrogen (secondary N) is 1. The quantitative estimate of drug-likeness (QED) is 0.0278. The monoisotopic (exact) mass is 674 g/mol. The summed E-state index contributed by atoms with van der Waals surface area (Å²) in [5.74, 6) is -0.184. The molecule has 1 amide bonds. The Morgan fingerprint density at radius 2 is 1.22 bits per heavy atom. The molecule has 0 aromatic rings. The summed E-state index contributed by atoms with van der Waals surface area (Å²) in [6.07, 6.45) is 32.3. The number of allylic oxidation sites excluding steroid dienone is 3. The molecular formula is C37H74N2O6P+. The van der Waals surface area contributed by atoms with E-state index in [1.165, 1.54) is 96.3 Å². The second-order valence-electron chi connectivity index (χ2n) is 13.9. The van der Waals surface area contributed by atoms with Crippen LogP contribution in [0.3, 0.4) is 0 Å². The Labute approximate surface area is 284 Å². The third kappa shape index (κ3) is 31.6. The molecule has 3 N–H and O–H groups in total. The van der Waals surface area contributed by atoms with E-state index in [1.54, 1.807) is 6.08 Å². The third-order valence-corrected chi connectivity index (χ3v) is 9.13. The highest BCUT2D eigenvalue weighted by molar-refractivity contribution is 7.47. The second kappa shape index (κ2) is 30.1. The minimum atomic E-state index is -4.32. The molecule has 1 unspecified atom stereocenters. The molecule has 46 heavy (non-hydrogen) atoms. The average molecular weight is 674 g/mol. The lowest BCUT2D eigenvalue weighted by Crippen LogP contribution is -2.45. The summed E-state index contributed by atoms with van der Waals surface area (Å²) >= 11 is 0. The van der Waals surface area contributed by atoms with Crippen LogP contribution in [0.5, 0.6) is 0 Å². The van der Waals surface area contributed by atoms with Crippen molar-refractivity contribution in [2.45, 2.75) is 167 Å². The van der Waals surface area contributed by atoms with Crippen LogP contribution in [0.4, 0.5) is 0 Å². The number of hydrogen-bond acceptors (Lipinski definition) is 5. The molecule has 0 saturated carbocycles. The van der Waals surface area contributed by atoms with Crippen LogP contribution in [0.15, 0.2) is 24.3 Å². The Morgan fingerprint density at radius 1 is 0.717 bits per heavy atom. The van der Waals surface area contributed by atoms with Gasteiger partial charge in [-0.05, 0) is 38.5 Å². The van der Waals surface area contributed by atoms with Gasteiger partial charge in [-0.15, -0.1) is 0 Å². The fraction of sp³-hybridized carbons (Fsp3) is 0.865. The number of amides is 1. The predicted octanol–water partition coefficient (Wildman–Crippen LogP) is 9.41. The van der Waals surface area contributed by atoms with Crippen LogP contribution in [0, 0.1) is 0 Å². The fourth-order valence-corrected chi connectivity index (χ4v) is 5.84. The largest absolute Gasteiger partial charge is 0.472 e. The number of carbonyl (C=O) groups excluding carboxylic acids is 1. The third-order valence-electron chi connectivity index (χ3n) is 8.15. The number of rotatable bonds is 33. The molecule has 0 aromatic heterocycles. The Bertz CT molecular complexity index is 814. The van der Waals surface area contributed by atoms with Gasteiger partial charge in [0.25, 0.3) is 0 Å². The van der Waals surface area contributed by atoms with E-state index >= 15 is 0 Å². The first-order valence-corrected chi connectivity index (χ1v) is 20.2. The Hall–Kier alpha value is -1.02. The fourth-order valence-electron chi connectivity index (χ4n) is 5.10. The number of carbonyl (C=O) groups is 1. The van der Waals surface area contributed by atoms with Gasteiger partial charge in [0.15, 0.2) is 0 Å². The van der Waals surface area contributed by atoms with E-state index in [9.17, 15) is 19.4 Å². The zero-order valence-corrected chi connectivity index (χ0v) is 31.5. The molecule has 0 radical (unpaired) electrons. The van der Waals surface area contributed by atoms with Gasteiger partial charge in [-0.25, -0.2) is 4.57 Å². The van der Waals surface area contributed by atoms with Crippen molar-refractivity contribution in [3.05, 3.63) is 24.3 Å². The van der Waals surface area contributed by atoms with Crippen LogP contribution in [0.25, 0.3) is 0 Å². The molecule has 0 saturated heterocycles. The van der Waals surface area contributed by atoms with Gasteiger partial charge in [0.2, 0.25) is 5.91 Å². The average Bonchev–Trinajstić information content (AvgIpc) is 2.99. The van der Waals surface area contributed by atoms with Crippen molar-refractivity contribution in [3.8, 4) is 0 Å². The van der Waals surface area contributed by atoms with Crippen molar-refractivity contribution in [2.75, 3.05) is 40.9 Å². The van der Waals surface area contributed by atoms with E-state index in [4.69, 9.17) is 9.05 Å². The molecule has 0 aromatic carbocycles.